The molecule has 0 amide bonds. The van der Waals surface area contributed by atoms with Crippen molar-refractivity contribution in [3.63, 3.8) is 0 Å². The molecule has 0 unspecified atom stereocenters. The topological polar surface area (TPSA) is 82.1 Å². The van der Waals surface area contributed by atoms with Crippen LogP contribution in [0.15, 0.2) is 71.3 Å². The van der Waals surface area contributed by atoms with E-state index < -0.39 is 16.0 Å². The van der Waals surface area contributed by atoms with Gasteiger partial charge in [-0.15, -0.1) is 0 Å². The Balaban J connectivity index is 1.90. The van der Waals surface area contributed by atoms with Crippen molar-refractivity contribution < 1.29 is 27.4 Å². The molecule has 33 heavy (non-hydrogen) atoms. The number of hydrogen-bond acceptors (Lipinski definition) is 6. The van der Waals surface area contributed by atoms with Crippen LogP contribution < -0.4 is 13.8 Å². The lowest BCUT2D eigenvalue weighted by molar-refractivity contribution is -0.136. The smallest absolute Gasteiger partial charge is 0.356 e. The van der Waals surface area contributed by atoms with Gasteiger partial charge in [-0.25, -0.2) is 17.5 Å². The Kier molecular flexibility index (Phi) is 5.23. The lowest BCUT2D eigenvalue weighted by atomic mass is 9.94. The number of fused-ring (bicyclic) bond motifs is 2. The average molecular weight is 504 g/mol. The second-order valence-electron chi connectivity index (χ2n) is 7.14. The first-order valence-electron chi connectivity index (χ1n) is 9.65. The summed E-state index contributed by atoms with van der Waals surface area (Å²) in [5, 5.41) is 0.370. The zero-order chi connectivity index (χ0) is 23.3. The molecular formula is C23H15Cl2NO6S. The van der Waals surface area contributed by atoms with Crippen LogP contribution in [0.3, 0.4) is 0 Å². The van der Waals surface area contributed by atoms with Gasteiger partial charge in [-0.2, -0.15) is 0 Å². The Bertz CT molecular complexity index is 1450. The highest BCUT2D eigenvalue weighted by Gasteiger charge is 2.42. The van der Waals surface area contributed by atoms with Crippen LogP contribution in [0.2, 0.25) is 10.0 Å². The molecule has 0 N–H and O–H groups in total. The van der Waals surface area contributed by atoms with Crippen LogP contribution in [0, 0.1) is 0 Å². The number of benzene rings is 3. The summed E-state index contributed by atoms with van der Waals surface area (Å²) >= 11 is 12.4. The number of carbonyl (C=O) groups excluding carboxylic acids is 1. The van der Waals surface area contributed by atoms with E-state index in [1.165, 1.54) is 31.4 Å². The van der Waals surface area contributed by atoms with Gasteiger partial charge in [0.2, 0.25) is 6.79 Å². The molecule has 7 nitrogen and oxygen atoms in total. The minimum absolute atomic E-state index is 0.0105. The number of anilines is 1. The summed E-state index contributed by atoms with van der Waals surface area (Å²) in [5.74, 6) is 0.172. The van der Waals surface area contributed by atoms with Crippen molar-refractivity contribution in [3.05, 3.63) is 87.5 Å². The van der Waals surface area contributed by atoms with E-state index in [1.807, 2.05) is 0 Å². The van der Waals surface area contributed by atoms with Crippen LogP contribution in [0.25, 0.3) is 5.57 Å². The predicted octanol–water partition coefficient (Wildman–Crippen LogP) is 4.86. The third-order valence-corrected chi connectivity index (χ3v) is 7.59. The Morgan fingerprint density at radius 2 is 1.76 bits per heavy atom. The standard InChI is InChI=1S/C23H15Cl2NO6S/c1-30-23(27)22-21(13-6-9-18-19(10-13)32-12-31-18)15-4-2-3-5-20(15)33(28,29)26(22)17-8-7-14(24)11-16(17)25/h2-11H,12H2,1H3. The molecule has 168 valence electrons. The number of halogens is 2. The van der Waals surface area contributed by atoms with Crippen LogP contribution in [-0.4, -0.2) is 28.3 Å². The van der Waals surface area contributed by atoms with Gasteiger partial charge in [0.05, 0.1) is 22.7 Å². The monoisotopic (exact) mass is 503 g/mol. The van der Waals surface area contributed by atoms with Gasteiger partial charge in [0, 0.05) is 16.2 Å². The van der Waals surface area contributed by atoms with Gasteiger partial charge < -0.3 is 14.2 Å². The van der Waals surface area contributed by atoms with E-state index in [9.17, 15) is 13.2 Å². The minimum atomic E-state index is -4.24. The summed E-state index contributed by atoms with van der Waals surface area (Å²) < 4.78 is 44.4. The molecule has 10 heteroatoms. The number of esters is 1. The maximum Gasteiger partial charge on any atom is 0.356 e. The highest BCUT2D eigenvalue weighted by molar-refractivity contribution is 7.93. The maximum atomic E-state index is 13.8. The van der Waals surface area contributed by atoms with Crippen molar-refractivity contribution in [2.24, 2.45) is 0 Å². The summed E-state index contributed by atoms with van der Waals surface area (Å²) in [7, 11) is -3.05. The molecule has 5 rings (SSSR count). The highest BCUT2D eigenvalue weighted by Crippen LogP contribution is 2.46. The van der Waals surface area contributed by atoms with Crippen LogP contribution in [-0.2, 0) is 19.6 Å². The number of nitrogens with zero attached hydrogens (tertiary/aromatic N) is 1. The lowest BCUT2D eigenvalue weighted by Crippen LogP contribution is -2.39. The highest BCUT2D eigenvalue weighted by atomic mass is 35.5. The number of rotatable bonds is 3. The molecule has 2 aliphatic rings. The molecule has 3 aromatic carbocycles. The van der Waals surface area contributed by atoms with Crippen molar-refractivity contribution in [2.75, 3.05) is 18.2 Å². The first kappa shape index (κ1) is 21.6. The number of ether oxygens (including phenoxy) is 3. The molecule has 0 aromatic heterocycles. The largest absolute Gasteiger partial charge is 0.464 e. The van der Waals surface area contributed by atoms with E-state index >= 15 is 0 Å². The minimum Gasteiger partial charge on any atom is -0.464 e. The van der Waals surface area contributed by atoms with Crippen molar-refractivity contribution >= 4 is 50.5 Å². The molecule has 0 radical (unpaired) electrons. The van der Waals surface area contributed by atoms with Gasteiger partial charge in [-0.05, 0) is 42.0 Å². The second kappa shape index (κ2) is 7.98. The van der Waals surface area contributed by atoms with E-state index in [0.717, 1.165) is 4.31 Å². The predicted molar refractivity (Wildman–Crippen MR) is 123 cm³/mol. The molecular weight excluding hydrogens is 489 g/mol. The van der Waals surface area contributed by atoms with E-state index in [-0.39, 0.29) is 28.1 Å². The molecule has 0 saturated carbocycles. The SMILES string of the molecule is COC(=O)C1=C(c2ccc3c(c2)OCO3)c2ccccc2S(=O)(=O)N1c1ccc(Cl)cc1Cl. The van der Waals surface area contributed by atoms with Gasteiger partial charge in [0.15, 0.2) is 17.2 Å². The molecule has 0 saturated heterocycles. The fourth-order valence-electron chi connectivity index (χ4n) is 3.87. The Morgan fingerprint density at radius 1 is 1.00 bits per heavy atom. The number of sulfonamides is 1. The molecule has 3 aromatic rings. The van der Waals surface area contributed by atoms with Crippen LogP contribution in [0.4, 0.5) is 5.69 Å². The summed E-state index contributed by atoms with van der Waals surface area (Å²) in [6, 6.07) is 15.9. The third-order valence-electron chi connectivity index (χ3n) is 5.28. The lowest BCUT2D eigenvalue weighted by Gasteiger charge is -2.33. The van der Waals surface area contributed by atoms with Crippen molar-refractivity contribution in [1.82, 2.24) is 0 Å². The first-order chi connectivity index (χ1) is 15.8. The summed E-state index contributed by atoms with van der Waals surface area (Å²) in [6.45, 7) is 0.0686. The number of carbonyl (C=O) groups is 1. The summed E-state index contributed by atoms with van der Waals surface area (Å²) in [6.07, 6.45) is 0. The molecule has 2 aliphatic heterocycles. The van der Waals surface area contributed by atoms with Crippen molar-refractivity contribution in [1.29, 1.82) is 0 Å². The van der Waals surface area contributed by atoms with Gasteiger partial charge in [-0.1, -0.05) is 47.5 Å². The fourth-order valence-corrected chi connectivity index (χ4v) is 6.13. The molecule has 0 bridgehead atoms. The number of hydrogen-bond donors (Lipinski definition) is 0. The summed E-state index contributed by atoms with van der Waals surface area (Å²) in [5.41, 5.74) is 1.08. The Hall–Kier alpha value is -3.20. The van der Waals surface area contributed by atoms with Crippen LogP contribution >= 0.6 is 23.2 Å². The molecule has 0 fully saturated rings. The zero-order valence-corrected chi connectivity index (χ0v) is 19.4. The fraction of sp³-hybridized carbons (Fsp3) is 0.0870. The second-order valence-corrected chi connectivity index (χ2v) is 9.74. The van der Waals surface area contributed by atoms with E-state index in [2.05, 4.69) is 0 Å². The summed E-state index contributed by atoms with van der Waals surface area (Å²) in [4.78, 5) is 13.1. The zero-order valence-electron chi connectivity index (χ0n) is 17.0. The van der Waals surface area contributed by atoms with Gasteiger partial charge in [0.1, 0.15) is 0 Å². The molecule has 2 heterocycles. The normalized spacial score (nSPS) is 15.9. The van der Waals surface area contributed by atoms with Crippen molar-refractivity contribution in [3.8, 4) is 11.5 Å². The number of methoxy groups -OCH3 is 1. The van der Waals surface area contributed by atoms with Crippen molar-refractivity contribution in [2.45, 2.75) is 4.90 Å². The van der Waals surface area contributed by atoms with E-state index in [1.54, 1.807) is 36.4 Å². The maximum absolute atomic E-state index is 13.8. The van der Waals surface area contributed by atoms with Crippen LogP contribution in [0.1, 0.15) is 11.1 Å². The van der Waals surface area contributed by atoms with Gasteiger partial charge in [-0.3, -0.25) is 0 Å². The van der Waals surface area contributed by atoms with E-state index in [0.29, 0.717) is 33.2 Å². The Labute approximate surface area is 199 Å². The quantitative estimate of drug-likeness (QED) is 0.474. The van der Waals surface area contributed by atoms with Gasteiger partial charge >= 0.3 is 5.97 Å². The Morgan fingerprint density at radius 3 is 2.52 bits per heavy atom. The molecule has 0 aliphatic carbocycles. The van der Waals surface area contributed by atoms with Gasteiger partial charge in [0.25, 0.3) is 10.0 Å². The average Bonchev–Trinajstić information content (AvgIpc) is 3.27. The third kappa shape index (κ3) is 3.42. The van der Waals surface area contributed by atoms with Crippen LogP contribution in [0.5, 0.6) is 11.5 Å². The molecule has 0 atom stereocenters. The molecule has 0 spiro atoms. The first-order valence-corrected chi connectivity index (χ1v) is 11.8. The van der Waals surface area contributed by atoms with E-state index in [4.69, 9.17) is 37.4 Å².